The SMILES string of the molecule is COC1(CNS(=O)(=O)c2ccc(C(=O)O)cc2N)CCC1. The molecule has 0 aliphatic heterocycles. The summed E-state index contributed by atoms with van der Waals surface area (Å²) in [5.41, 5.74) is 5.06. The minimum absolute atomic E-state index is 0.0567. The van der Waals surface area contributed by atoms with Crippen molar-refractivity contribution in [3.8, 4) is 0 Å². The van der Waals surface area contributed by atoms with Gasteiger partial charge in [0.05, 0.1) is 16.9 Å². The molecule has 2 rings (SSSR count). The molecule has 21 heavy (non-hydrogen) atoms. The number of carboxylic acid groups (broad SMARTS) is 1. The average molecular weight is 314 g/mol. The Morgan fingerprint density at radius 3 is 2.57 bits per heavy atom. The lowest BCUT2D eigenvalue weighted by Crippen LogP contribution is -2.49. The number of nitrogen functional groups attached to an aromatic ring is 1. The van der Waals surface area contributed by atoms with Gasteiger partial charge in [0, 0.05) is 13.7 Å². The molecule has 0 unspecified atom stereocenters. The largest absolute Gasteiger partial charge is 0.478 e. The number of aromatic carboxylic acids is 1. The molecule has 1 aromatic carbocycles. The van der Waals surface area contributed by atoms with Crippen molar-refractivity contribution in [3.63, 3.8) is 0 Å². The van der Waals surface area contributed by atoms with Crippen LogP contribution in [0.15, 0.2) is 23.1 Å². The summed E-state index contributed by atoms with van der Waals surface area (Å²) in [6, 6.07) is 3.54. The molecule has 0 amide bonds. The summed E-state index contributed by atoms with van der Waals surface area (Å²) in [6.45, 7) is 0.173. The molecule has 1 saturated carbocycles. The van der Waals surface area contributed by atoms with Crippen molar-refractivity contribution in [1.82, 2.24) is 4.72 Å². The predicted molar refractivity (Wildman–Crippen MR) is 76.6 cm³/mol. The highest BCUT2D eigenvalue weighted by molar-refractivity contribution is 7.89. The minimum atomic E-state index is -3.80. The second kappa shape index (κ2) is 5.63. The molecule has 0 radical (unpaired) electrons. The molecule has 1 fully saturated rings. The molecule has 1 aliphatic carbocycles. The van der Waals surface area contributed by atoms with E-state index in [2.05, 4.69) is 4.72 Å². The zero-order valence-electron chi connectivity index (χ0n) is 11.6. The monoisotopic (exact) mass is 314 g/mol. The Hall–Kier alpha value is -1.64. The van der Waals surface area contributed by atoms with Crippen molar-refractivity contribution in [3.05, 3.63) is 23.8 Å². The topological polar surface area (TPSA) is 119 Å². The number of benzene rings is 1. The molecule has 7 nitrogen and oxygen atoms in total. The predicted octanol–water partition coefficient (Wildman–Crippen LogP) is 0.814. The van der Waals surface area contributed by atoms with E-state index in [0.29, 0.717) is 0 Å². The number of nitrogens with two attached hydrogens (primary N) is 1. The molecule has 0 aromatic heterocycles. The lowest BCUT2D eigenvalue weighted by Gasteiger charge is -2.40. The lowest BCUT2D eigenvalue weighted by atomic mass is 9.80. The summed E-state index contributed by atoms with van der Waals surface area (Å²) in [4.78, 5) is 10.7. The normalized spacial score (nSPS) is 17.2. The first kappa shape index (κ1) is 15.7. The first-order valence-electron chi connectivity index (χ1n) is 6.47. The Morgan fingerprint density at radius 1 is 1.48 bits per heavy atom. The number of hydrogen-bond donors (Lipinski definition) is 3. The van der Waals surface area contributed by atoms with E-state index >= 15 is 0 Å². The molecule has 1 aliphatic rings. The third-order valence-corrected chi connectivity index (χ3v) is 5.30. The van der Waals surface area contributed by atoms with Gasteiger partial charge in [-0.1, -0.05) is 0 Å². The van der Waals surface area contributed by atoms with E-state index in [1.807, 2.05) is 0 Å². The second-order valence-corrected chi connectivity index (χ2v) is 6.86. The zero-order valence-corrected chi connectivity index (χ0v) is 12.4. The summed E-state index contributed by atoms with van der Waals surface area (Å²) in [5.74, 6) is -1.16. The Bertz CT molecular complexity index is 647. The van der Waals surface area contributed by atoms with Crippen LogP contribution in [0.5, 0.6) is 0 Å². The Labute approximate surface area is 123 Å². The fourth-order valence-corrected chi connectivity index (χ4v) is 3.48. The molecule has 8 heteroatoms. The average Bonchev–Trinajstić information content (AvgIpc) is 2.37. The number of hydrogen-bond acceptors (Lipinski definition) is 5. The van der Waals surface area contributed by atoms with E-state index in [-0.39, 0.29) is 22.7 Å². The molecule has 1 aromatic rings. The van der Waals surface area contributed by atoms with E-state index in [4.69, 9.17) is 15.6 Å². The van der Waals surface area contributed by atoms with E-state index in [1.54, 1.807) is 7.11 Å². The van der Waals surface area contributed by atoms with Crippen LogP contribution in [0.4, 0.5) is 5.69 Å². The van der Waals surface area contributed by atoms with Gasteiger partial charge >= 0.3 is 5.97 Å². The maximum atomic E-state index is 12.2. The Kier molecular flexibility index (Phi) is 4.22. The highest BCUT2D eigenvalue weighted by Crippen LogP contribution is 2.34. The van der Waals surface area contributed by atoms with Crippen molar-refractivity contribution in [2.24, 2.45) is 0 Å². The highest BCUT2D eigenvalue weighted by Gasteiger charge is 2.38. The van der Waals surface area contributed by atoms with Crippen LogP contribution in [0.2, 0.25) is 0 Å². The van der Waals surface area contributed by atoms with Gasteiger partial charge in [-0.25, -0.2) is 17.9 Å². The van der Waals surface area contributed by atoms with Crippen molar-refractivity contribution < 1.29 is 23.1 Å². The summed E-state index contributed by atoms with van der Waals surface area (Å²) < 4.78 is 32.3. The van der Waals surface area contributed by atoms with Crippen molar-refractivity contribution >= 4 is 21.7 Å². The number of carboxylic acids is 1. The number of carbonyl (C=O) groups is 1. The maximum Gasteiger partial charge on any atom is 0.335 e. The van der Waals surface area contributed by atoms with E-state index in [9.17, 15) is 13.2 Å². The van der Waals surface area contributed by atoms with Gasteiger partial charge in [0.25, 0.3) is 0 Å². The number of sulfonamides is 1. The first-order valence-corrected chi connectivity index (χ1v) is 7.96. The minimum Gasteiger partial charge on any atom is -0.478 e. The van der Waals surface area contributed by atoms with Crippen molar-refractivity contribution in [2.45, 2.75) is 29.8 Å². The first-order chi connectivity index (χ1) is 9.80. The number of nitrogens with one attached hydrogen (secondary N) is 1. The standard InChI is InChI=1S/C13H18N2O5S/c1-20-13(5-2-6-13)8-15-21(18,19)11-4-3-9(12(16)17)7-10(11)14/h3-4,7,15H,2,5-6,8,14H2,1H3,(H,16,17). The van der Waals surface area contributed by atoms with Gasteiger partial charge < -0.3 is 15.6 Å². The third kappa shape index (κ3) is 3.17. The molecule has 116 valence electrons. The number of methoxy groups -OCH3 is 1. The van der Waals surface area contributed by atoms with Crippen LogP contribution >= 0.6 is 0 Å². The van der Waals surface area contributed by atoms with Crippen LogP contribution in [0.1, 0.15) is 29.6 Å². The smallest absolute Gasteiger partial charge is 0.335 e. The zero-order chi connectivity index (χ0) is 15.7. The van der Waals surface area contributed by atoms with Gasteiger partial charge in [-0.15, -0.1) is 0 Å². The van der Waals surface area contributed by atoms with Crippen LogP contribution < -0.4 is 10.5 Å². The van der Waals surface area contributed by atoms with E-state index < -0.39 is 21.6 Å². The van der Waals surface area contributed by atoms with Gasteiger partial charge in [-0.2, -0.15) is 0 Å². The van der Waals surface area contributed by atoms with Crippen molar-refractivity contribution in [1.29, 1.82) is 0 Å². The maximum absolute atomic E-state index is 12.2. The summed E-state index contributed by atoms with van der Waals surface area (Å²) in [5, 5.41) is 8.85. The summed E-state index contributed by atoms with van der Waals surface area (Å²) in [6.07, 6.45) is 2.62. The van der Waals surface area contributed by atoms with Crippen molar-refractivity contribution in [2.75, 3.05) is 19.4 Å². The molecule has 0 spiro atoms. The van der Waals surface area contributed by atoms with Gasteiger partial charge in [0.15, 0.2) is 0 Å². The Morgan fingerprint density at radius 2 is 2.14 bits per heavy atom. The molecule has 4 N–H and O–H groups in total. The summed E-state index contributed by atoms with van der Waals surface area (Å²) in [7, 11) is -2.24. The Balaban J connectivity index is 2.18. The lowest BCUT2D eigenvalue weighted by molar-refractivity contribution is -0.0659. The fourth-order valence-electron chi connectivity index (χ4n) is 2.25. The summed E-state index contributed by atoms with van der Waals surface area (Å²) >= 11 is 0. The fraction of sp³-hybridized carbons (Fsp3) is 0.462. The molecule has 0 atom stereocenters. The van der Waals surface area contributed by atoms with Crippen LogP contribution in [0.25, 0.3) is 0 Å². The van der Waals surface area contributed by atoms with Gasteiger partial charge in [0.2, 0.25) is 10.0 Å². The molecule has 0 saturated heterocycles. The number of anilines is 1. The van der Waals surface area contributed by atoms with Crippen LogP contribution in [-0.2, 0) is 14.8 Å². The van der Waals surface area contributed by atoms with Gasteiger partial charge in [0.1, 0.15) is 4.90 Å². The van der Waals surface area contributed by atoms with E-state index in [1.165, 1.54) is 12.1 Å². The van der Waals surface area contributed by atoms with Gasteiger partial charge in [-0.3, -0.25) is 0 Å². The van der Waals surface area contributed by atoms with E-state index in [0.717, 1.165) is 25.3 Å². The van der Waals surface area contributed by atoms with Crippen LogP contribution in [-0.4, -0.2) is 38.7 Å². The highest BCUT2D eigenvalue weighted by atomic mass is 32.2. The second-order valence-electron chi connectivity index (χ2n) is 5.12. The third-order valence-electron chi connectivity index (χ3n) is 3.83. The van der Waals surface area contributed by atoms with Crippen LogP contribution in [0.3, 0.4) is 0 Å². The quantitative estimate of drug-likeness (QED) is 0.669. The number of ether oxygens (including phenoxy) is 1. The molecular weight excluding hydrogens is 296 g/mol. The molecule has 0 bridgehead atoms. The number of rotatable bonds is 6. The van der Waals surface area contributed by atoms with Crippen LogP contribution in [0, 0.1) is 0 Å². The van der Waals surface area contributed by atoms with Gasteiger partial charge in [-0.05, 0) is 37.5 Å². The molecule has 0 heterocycles. The molecular formula is C13H18N2O5S.